The second kappa shape index (κ2) is 7.85. The summed E-state index contributed by atoms with van der Waals surface area (Å²) in [6.45, 7) is 3.66. The van der Waals surface area contributed by atoms with Gasteiger partial charge in [-0.3, -0.25) is 0 Å². The molecule has 0 bridgehead atoms. The van der Waals surface area contributed by atoms with Gasteiger partial charge in [0.1, 0.15) is 5.82 Å². The number of benzene rings is 2. The summed E-state index contributed by atoms with van der Waals surface area (Å²) in [7, 11) is 0. The third-order valence-corrected chi connectivity index (χ3v) is 5.30. The van der Waals surface area contributed by atoms with Crippen molar-refractivity contribution in [1.82, 2.24) is 9.88 Å². The number of nitrogens with zero attached hydrogens (tertiary/aromatic N) is 3. The highest BCUT2D eigenvalue weighted by Crippen LogP contribution is 2.30. The van der Waals surface area contributed by atoms with E-state index in [9.17, 15) is 18.0 Å². The molecule has 1 aliphatic rings. The molecule has 156 valence electrons. The van der Waals surface area contributed by atoms with Gasteiger partial charge in [0.15, 0.2) is 0 Å². The molecule has 1 aliphatic heterocycles. The molecule has 2 heterocycles. The van der Waals surface area contributed by atoms with Gasteiger partial charge >= 0.3 is 12.2 Å². The first-order chi connectivity index (χ1) is 14.3. The number of aromatic nitrogens is 1. The van der Waals surface area contributed by atoms with Crippen molar-refractivity contribution in [3.8, 4) is 0 Å². The normalized spacial score (nSPS) is 17.3. The minimum Gasteiger partial charge on any atom is -0.352 e. The van der Waals surface area contributed by atoms with Crippen molar-refractivity contribution < 1.29 is 18.0 Å². The number of urea groups is 1. The van der Waals surface area contributed by atoms with Gasteiger partial charge in [0.25, 0.3) is 0 Å². The van der Waals surface area contributed by atoms with E-state index in [1.165, 1.54) is 12.1 Å². The highest BCUT2D eigenvalue weighted by Gasteiger charge is 2.31. The Morgan fingerprint density at radius 2 is 1.80 bits per heavy atom. The maximum Gasteiger partial charge on any atom is 0.416 e. The van der Waals surface area contributed by atoms with Crippen LogP contribution in [0.1, 0.15) is 12.5 Å². The molecule has 1 atom stereocenters. The molecule has 2 amide bonds. The lowest BCUT2D eigenvalue weighted by atomic mass is 10.1. The summed E-state index contributed by atoms with van der Waals surface area (Å²) < 4.78 is 38.1. The van der Waals surface area contributed by atoms with Crippen LogP contribution in [0.25, 0.3) is 10.8 Å². The highest BCUT2D eigenvalue weighted by molar-refractivity contribution is 5.92. The van der Waals surface area contributed by atoms with Crippen molar-refractivity contribution >= 4 is 28.3 Å². The second-order valence-corrected chi connectivity index (χ2v) is 7.35. The Bertz CT molecular complexity index is 1050. The molecular formula is C22H21F3N4O. The number of fused-ring (bicyclic) bond motifs is 1. The SMILES string of the molecule is C[C@@H]1CN(c2nccc3ccccc23)CCN1C(=O)Nc1ccc(C(F)(F)F)cc1. The van der Waals surface area contributed by atoms with Crippen LogP contribution >= 0.6 is 0 Å². The van der Waals surface area contributed by atoms with Gasteiger partial charge in [-0.25, -0.2) is 9.78 Å². The van der Waals surface area contributed by atoms with Crippen molar-refractivity contribution in [2.24, 2.45) is 0 Å². The Hall–Kier alpha value is -3.29. The van der Waals surface area contributed by atoms with Crippen LogP contribution < -0.4 is 10.2 Å². The Balaban J connectivity index is 1.43. The highest BCUT2D eigenvalue weighted by atomic mass is 19.4. The van der Waals surface area contributed by atoms with E-state index < -0.39 is 11.7 Å². The van der Waals surface area contributed by atoms with Crippen LogP contribution in [-0.2, 0) is 6.18 Å². The van der Waals surface area contributed by atoms with Gasteiger partial charge < -0.3 is 15.1 Å². The Kier molecular flexibility index (Phi) is 5.24. The maximum absolute atomic E-state index is 12.7. The van der Waals surface area contributed by atoms with E-state index in [0.717, 1.165) is 28.7 Å². The summed E-state index contributed by atoms with van der Waals surface area (Å²) in [6, 6.07) is 14.0. The van der Waals surface area contributed by atoms with E-state index in [0.29, 0.717) is 25.3 Å². The summed E-state index contributed by atoms with van der Waals surface area (Å²) in [6.07, 6.45) is -2.62. The minimum atomic E-state index is -4.40. The molecule has 2 aromatic carbocycles. The summed E-state index contributed by atoms with van der Waals surface area (Å²) in [4.78, 5) is 21.1. The number of pyridine rings is 1. The monoisotopic (exact) mass is 414 g/mol. The third-order valence-electron chi connectivity index (χ3n) is 5.30. The standard InChI is InChI=1S/C22H21F3N4O/c1-15-14-28(20-19-5-3-2-4-16(19)10-11-26-20)12-13-29(15)21(30)27-18-8-6-17(7-9-18)22(23,24)25/h2-11,15H,12-14H2,1H3,(H,27,30)/t15-/m1/s1. The number of hydrogen-bond acceptors (Lipinski definition) is 3. The number of halogens is 3. The van der Waals surface area contributed by atoms with Gasteiger partial charge in [0, 0.05) is 42.9 Å². The van der Waals surface area contributed by atoms with Gasteiger partial charge in [-0.2, -0.15) is 13.2 Å². The van der Waals surface area contributed by atoms with E-state index in [-0.39, 0.29) is 12.1 Å². The van der Waals surface area contributed by atoms with E-state index in [2.05, 4.69) is 15.2 Å². The van der Waals surface area contributed by atoms with Crippen LogP contribution in [0.15, 0.2) is 60.8 Å². The van der Waals surface area contributed by atoms with Gasteiger partial charge in [-0.15, -0.1) is 0 Å². The third kappa shape index (κ3) is 4.03. The van der Waals surface area contributed by atoms with Crippen molar-refractivity contribution in [2.45, 2.75) is 19.1 Å². The second-order valence-electron chi connectivity index (χ2n) is 7.35. The molecule has 8 heteroatoms. The summed E-state index contributed by atoms with van der Waals surface area (Å²) in [5, 5.41) is 4.86. The largest absolute Gasteiger partial charge is 0.416 e. The molecule has 1 saturated heterocycles. The average Bonchev–Trinajstić information content (AvgIpc) is 2.73. The van der Waals surface area contributed by atoms with Crippen LogP contribution in [0.5, 0.6) is 0 Å². The fourth-order valence-corrected chi connectivity index (χ4v) is 3.75. The zero-order chi connectivity index (χ0) is 21.3. The number of piperazine rings is 1. The number of amides is 2. The van der Waals surface area contributed by atoms with E-state index in [4.69, 9.17) is 0 Å². The van der Waals surface area contributed by atoms with Crippen LogP contribution in [0.2, 0.25) is 0 Å². The molecule has 0 spiro atoms. The molecule has 3 aromatic rings. The number of alkyl halides is 3. The molecule has 0 aliphatic carbocycles. The van der Waals surface area contributed by atoms with Gasteiger partial charge in [0.2, 0.25) is 0 Å². The first kappa shape index (κ1) is 20.0. The lowest BCUT2D eigenvalue weighted by molar-refractivity contribution is -0.137. The molecule has 30 heavy (non-hydrogen) atoms. The van der Waals surface area contributed by atoms with Crippen molar-refractivity contribution in [1.29, 1.82) is 0 Å². The number of anilines is 2. The van der Waals surface area contributed by atoms with Gasteiger partial charge in [-0.1, -0.05) is 24.3 Å². The minimum absolute atomic E-state index is 0.0889. The lowest BCUT2D eigenvalue weighted by Crippen LogP contribution is -2.55. The van der Waals surface area contributed by atoms with Crippen molar-refractivity contribution in [3.05, 3.63) is 66.4 Å². The van der Waals surface area contributed by atoms with Crippen LogP contribution in [0.4, 0.5) is 29.5 Å². The number of carbonyl (C=O) groups is 1. The van der Waals surface area contributed by atoms with Crippen LogP contribution in [-0.4, -0.2) is 41.6 Å². The van der Waals surface area contributed by atoms with E-state index in [1.807, 2.05) is 37.3 Å². The van der Waals surface area contributed by atoms with Crippen molar-refractivity contribution in [2.75, 3.05) is 29.9 Å². The quantitative estimate of drug-likeness (QED) is 0.642. The predicted molar refractivity (Wildman–Crippen MR) is 111 cm³/mol. The van der Waals surface area contributed by atoms with Crippen molar-refractivity contribution in [3.63, 3.8) is 0 Å². The van der Waals surface area contributed by atoms with E-state index in [1.54, 1.807) is 11.1 Å². The molecule has 0 unspecified atom stereocenters. The smallest absolute Gasteiger partial charge is 0.352 e. The first-order valence-electron chi connectivity index (χ1n) is 9.66. The maximum atomic E-state index is 12.7. The predicted octanol–water partition coefficient (Wildman–Crippen LogP) is 5.00. The average molecular weight is 414 g/mol. The molecular weight excluding hydrogens is 393 g/mol. The fraction of sp³-hybridized carbons (Fsp3) is 0.273. The lowest BCUT2D eigenvalue weighted by Gasteiger charge is -2.40. The molecule has 0 saturated carbocycles. The Morgan fingerprint density at radius 1 is 1.07 bits per heavy atom. The van der Waals surface area contributed by atoms with Crippen LogP contribution in [0, 0.1) is 0 Å². The van der Waals surface area contributed by atoms with Crippen LogP contribution in [0.3, 0.4) is 0 Å². The molecule has 1 N–H and O–H groups in total. The fourth-order valence-electron chi connectivity index (χ4n) is 3.75. The number of rotatable bonds is 2. The zero-order valence-corrected chi connectivity index (χ0v) is 16.4. The first-order valence-corrected chi connectivity index (χ1v) is 9.66. The number of hydrogen-bond donors (Lipinski definition) is 1. The topological polar surface area (TPSA) is 48.5 Å². The zero-order valence-electron chi connectivity index (χ0n) is 16.4. The molecule has 0 radical (unpaired) electrons. The number of carbonyl (C=O) groups excluding carboxylic acids is 1. The summed E-state index contributed by atoms with van der Waals surface area (Å²) in [5.41, 5.74) is -0.414. The Labute approximate surface area is 172 Å². The molecule has 1 aromatic heterocycles. The van der Waals surface area contributed by atoms with Gasteiger partial charge in [-0.05, 0) is 42.6 Å². The number of nitrogens with one attached hydrogen (secondary N) is 1. The summed E-state index contributed by atoms with van der Waals surface area (Å²) >= 11 is 0. The Morgan fingerprint density at radius 3 is 2.50 bits per heavy atom. The van der Waals surface area contributed by atoms with Gasteiger partial charge in [0.05, 0.1) is 5.56 Å². The molecule has 4 rings (SSSR count). The van der Waals surface area contributed by atoms with E-state index >= 15 is 0 Å². The molecule has 1 fully saturated rings. The molecule has 5 nitrogen and oxygen atoms in total. The summed E-state index contributed by atoms with van der Waals surface area (Å²) in [5.74, 6) is 0.891.